The van der Waals surface area contributed by atoms with Crippen LogP contribution in [0.1, 0.15) is 5.56 Å². The third-order valence-electron chi connectivity index (χ3n) is 3.22. The average molecular weight is 334 g/mol. The first kappa shape index (κ1) is 17.0. The van der Waals surface area contributed by atoms with Gasteiger partial charge in [0.15, 0.2) is 0 Å². The van der Waals surface area contributed by atoms with Crippen molar-refractivity contribution in [2.45, 2.75) is 17.4 Å². The molecule has 0 aliphatic rings. The molecule has 0 amide bonds. The number of carboxylic acid groups (broad SMARTS) is 1. The Bertz CT molecular complexity index is 774. The first-order valence-corrected chi connectivity index (χ1v) is 8.32. The highest BCUT2D eigenvalue weighted by Crippen LogP contribution is 2.17. The molecule has 0 radical (unpaired) electrons. The summed E-state index contributed by atoms with van der Waals surface area (Å²) in [5, 5.41) is 11.3. The predicted molar refractivity (Wildman–Crippen MR) is 82.3 cm³/mol. The van der Waals surface area contributed by atoms with Crippen LogP contribution in [0.25, 0.3) is 0 Å². The van der Waals surface area contributed by atoms with Crippen LogP contribution in [0.4, 0.5) is 0 Å². The molecule has 0 saturated carbocycles. The number of carboxylic acids is 1. The fourth-order valence-corrected chi connectivity index (χ4v) is 3.27. The van der Waals surface area contributed by atoms with Crippen LogP contribution in [0.15, 0.2) is 59.5 Å². The molecule has 0 aliphatic heterocycles. The van der Waals surface area contributed by atoms with Gasteiger partial charge in [-0.05, 0) is 24.1 Å². The highest BCUT2D eigenvalue weighted by atomic mass is 32.2. The number of rotatable bonds is 7. The van der Waals surface area contributed by atoms with Crippen LogP contribution in [0.3, 0.4) is 0 Å². The summed E-state index contributed by atoms with van der Waals surface area (Å²) in [6.07, 6.45) is -0.00757. The fraction of sp³-hybridized carbons (Fsp3) is 0.188. The Morgan fingerprint density at radius 1 is 1.17 bits per heavy atom. The number of nitrogens with one attached hydrogen (secondary N) is 1. The van der Waals surface area contributed by atoms with Gasteiger partial charge in [0.25, 0.3) is 0 Å². The van der Waals surface area contributed by atoms with Gasteiger partial charge in [0.2, 0.25) is 10.0 Å². The van der Waals surface area contributed by atoms with Gasteiger partial charge in [0.05, 0.1) is 24.0 Å². The minimum Gasteiger partial charge on any atom is -0.548 e. The highest BCUT2D eigenvalue weighted by Gasteiger charge is 2.21. The van der Waals surface area contributed by atoms with Crippen LogP contribution in [0, 0.1) is 0 Å². The minimum atomic E-state index is -4.01. The van der Waals surface area contributed by atoms with E-state index in [2.05, 4.69) is 4.72 Å². The van der Waals surface area contributed by atoms with E-state index in [1.54, 1.807) is 36.4 Å². The zero-order valence-corrected chi connectivity index (χ0v) is 13.2. The molecular weight excluding hydrogens is 318 g/mol. The summed E-state index contributed by atoms with van der Waals surface area (Å²) in [7, 11) is -2.59. The van der Waals surface area contributed by atoms with Gasteiger partial charge in [0, 0.05) is 6.07 Å². The number of hydrogen-bond acceptors (Lipinski definition) is 5. The number of carbonyl (C=O) groups is 1. The molecule has 23 heavy (non-hydrogen) atoms. The van der Waals surface area contributed by atoms with Gasteiger partial charge >= 0.3 is 0 Å². The second-order valence-corrected chi connectivity index (χ2v) is 6.58. The van der Waals surface area contributed by atoms with Crippen molar-refractivity contribution in [2.75, 3.05) is 7.11 Å². The summed E-state index contributed by atoms with van der Waals surface area (Å²) in [6.45, 7) is 0. The second-order valence-electron chi connectivity index (χ2n) is 4.86. The van der Waals surface area contributed by atoms with Crippen molar-refractivity contribution in [1.82, 2.24) is 4.72 Å². The van der Waals surface area contributed by atoms with Crippen molar-refractivity contribution >= 4 is 16.0 Å². The molecule has 1 N–H and O–H groups in total. The molecule has 0 aliphatic carbocycles. The van der Waals surface area contributed by atoms with Crippen LogP contribution in [-0.2, 0) is 21.2 Å². The molecule has 0 bridgehead atoms. The summed E-state index contributed by atoms with van der Waals surface area (Å²) in [5.74, 6) is -1.12. The van der Waals surface area contributed by atoms with Crippen molar-refractivity contribution in [1.29, 1.82) is 0 Å². The van der Waals surface area contributed by atoms with E-state index >= 15 is 0 Å². The standard InChI is InChI=1S/C16H17NO5S/c1-22-13-8-5-9-14(11-13)23(20,21)17-15(16(18)19)10-12-6-3-2-4-7-12/h2-9,11,15,17H,10H2,1H3,(H,18,19)/p-1/t15-/m1/s1. The number of methoxy groups -OCH3 is 1. The Hall–Kier alpha value is -2.38. The summed E-state index contributed by atoms with van der Waals surface area (Å²) >= 11 is 0. The largest absolute Gasteiger partial charge is 0.548 e. The summed E-state index contributed by atoms with van der Waals surface area (Å²) in [4.78, 5) is 11.2. The molecule has 1 atom stereocenters. The molecule has 2 aromatic rings. The molecular formula is C16H16NO5S-. The van der Waals surface area contributed by atoms with Gasteiger partial charge in [-0.25, -0.2) is 13.1 Å². The Morgan fingerprint density at radius 2 is 1.87 bits per heavy atom. The van der Waals surface area contributed by atoms with E-state index < -0.39 is 22.0 Å². The lowest BCUT2D eigenvalue weighted by molar-refractivity contribution is -0.307. The van der Waals surface area contributed by atoms with Crippen LogP contribution >= 0.6 is 0 Å². The van der Waals surface area contributed by atoms with Crippen molar-refractivity contribution < 1.29 is 23.1 Å². The molecule has 2 rings (SSSR count). The third-order valence-corrected chi connectivity index (χ3v) is 4.69. The molecule has 0 spiro atoms. The lowest BCUT2D eigenvalue weighted by Crippen LogP contribution is -2.49. The summed E-state index contributed by atoms with van der Waals surface area (Å²) in [5.41, 5.74) is 0.690. The van der Waals surface area contributed by atoms with E-state index in [1.807, 2.05) is 0 Å². The SMILES string of the molecule is COc1cccc(S(=O)(=O)N[C@H](Cc2ccccc2)C(=O)[O-])c1. The molecule has 0 heterocycles. The van der Waals surface area contributed by atoms with Crippen LogP contribution < -0.4 is 14.6 Å². The van der Waals surface area contributed by atoms with Crippen LogP contribution in [0.2, 0.25) is 0 Å². The minimum absolute atomic E-state index is 0.00757. The number of sulfonamides is 1. The second kappa shape index (κ2) is 7.26. The maximum atomic E-state index is 12.3. The molecule has 0 aromatic heterocycles. The van der Waals surface area contributed by atoms with Crippen molar-refractivity contribution in [2.24, 2.45) is 0 Å². The number of carbonyl (C=O) groups excluding carboxylic acids is 1. The lowest BCUT2D eigenvalue weighted by atomic mass is 10.1. The fourth-order valence-electron chi connectivity index (χ4n) is 2.05. The molecule has 0 unspecified atom stereocenters. The smallest absolute Gasteiger partial charge is 0.241 e. The molecule has 6 nitrogen and oxygen atoms in total. The maximum Gasteiger partial charge on any atom is 0.241 e. The van der Waals surface area contributed by atoms with Gasteiger partial charge in [0.1, 0.15) is 5.75 Å². The third kappa shape index (κ3) is 4.54. The molecule has 0 fully saturated rings. The normalized spacial score (nSPS) is 12.6. The van der Waals surface area contributed by atoms with E-state index in [-0.39, 0.29) is 11.3 Å². The average Bonchev–Trinajstić information content (AvgIpc) is 2.55. The molecule has 2 aromatic carbocycles. The van der Waals surface area contributed by atoms with E-state index in [1.165, 1.54) is 25.3 Å². The zero-order chi connectivity index (χ0) is 16.9. The molecule has 7 heteroatoms. The number of benzene rings is 2. The highest BCUT2D eigenvalue weighted by molar-refractivity contribution is 7.89. The van der Waals surface area contributed by atoms with E-state index in [0.29, 0.717) is 11.3 Å². The molecule has 0 saturated heterocycles. The van der Waals surface area contributed by atoms with Crippen molar-refractivity contribution in [3.8, 4) is 5.75 Å². The number of ether oxygens (including phenoxy) is 1. The van der Waals surface area contributed by atoms with Gasteiger partial charge in [-0.1, -0.05) is 36.4 Å². The van der Waals surface area contributed by atoms with Gasteiger partial charge < -0.3 is 14.6 Å². The van der Waals surface area contributed by atoms with E-state index in [9.17, 15) is 18.3 Å². The topological polar surface area (TPSA) is 95.5 Å². The Balaban J connectivity index is 2.22. The van der Waals surface area contributed by atoms with Crippen LogP contribution in [-0.4, -0.2) is 27.5 Å². The van der Waals surface area contributed by atoms with E-state index in [4.69, 9.17) is 4.74 Å². The van der Waals surface area contributed by atoms with E-state index in [0.717, 1.165) is 0 Å². The quantitative estimate of drug-likeness (QED) is 0.787. The first-order chi connectivity index (χ1) is 10.9. The number of aliphatic carboxylic acids is 1. The van der Waals surface area contributed by atoms with Gasteiger partial charge in [-0.2, -0.15) is 0 Å². The van der Waals surface area contributed by atoms with Crippen molar-refractivity contribution in [3.63, 3.8) is 0 Å². The van der Waals surface area contributed by atoms with Crippen molar-refractivity contribution in [3.05, 3.63) is 60.2 Å². The first-order valence-electron chi connectivity index (χ1n) is 6.83. The lowest BCUT2D eigenvalue weighted by Gasteiger charge is -2.20. The zero-order valence-electron chi connectivity index (χ0n) is 12.4. The maximum absolute atomic E-state index is 12.3. The van der Waals surface area contributed by atoms with Gasteiger partial charge in [-0.15, -0.1) is 0 Å². The number of hydrogen-bond donors (Lipinski definition) is 1. The summed E-state index contributed by atoms with van der Waals surface area (Å²) < 4.78 is 31.8. The predicted octanol–water partition coefficient (Wildman–Crippen LogP) is 0.335. The Kier molecular flexibility index (Phi) is 5.36. The Labute approximate surface area is 134 Å². The monoisotopic (exact) mass is 334 g/mol. The summed E-state index contributed by atoms with van der Waals surface area (Å²) in [6, 6.07) is 13.1. The van der Waals surface area contributed by atoms with Crippen LogP contribution in [0.5, 0.6) is 5.75 Å². The molecule has 122 valence electrons. The Morgan fingerprint density at radius 3 is 2.48 bits per heavy atom. The van der Waals surface area contributed by atoms with Gasteiger partial charge in [-0.3, -0.25) is 0 Å².